The molecule has 122 valence electrons. The van der Waals surface area contributed by atoms with Gasteiger partial charge in [0.05, 0.1) is 11.8 Å². The first-order valence-corrected chi connectivity index (χ1v) is 7.76. The van der Waals surface area contributed by atoms with Crippen LogP contribution in [0, 0.1) is 11.6 Å². The molecule has 1 atom stereocenters. The van der Waals surface area contributed by atoms with Crippen molar-refractivity contribution in [3.8, 4) is 0 Å². The van der Waals surface area contributed by atoms with Gasteiger partial charge in [0.2, 0.25) is 5.91 Å². The van der Waals surface area contributed by atoms with E-state index >= 15 is 0 Å². The quantitative estimate of drug-likeness (QED) is 0.637. The Kier molecular flexibility index (Phi) is 6.80. The van der Waals surface area contributed by atoms with Crippen LogP contribution in [0.15, 0.2) is 17.0 Å². The highest BCUT2D eigenvalue weighted by atomic mass is 32.2. The Morgan fingerprint density at radius 2 is 1.91 bits per heavy atom. The van der Waals surface area contributed by atoms with Crippen molar-refractivity contribution in [2.24, 2.45) is 0 Å². The zero-order valence-corrected chi connectivity index (χ0v) is 13.7. The summed E-state index contributed by atoms with van der Waals surface area (Å²) < 4.78 is 32.6. The largest absolute Gasteiger partial charge is 0.462 e. The maximum Gasteiger partial charge on any atom is 0.319 e. The number of nitrogens with one attached hydrogen (secondary N) is 1. The lowest BCUT2D eigenvalue weighted by Gasteiger charge is -2.17. The Balaban J connectivity index is 2.99. The average molecular weight is 331 g/mol. The fourth-order valence-corrected chi connectivity index (χ4v) is 2.65. The molecule has 1 rings (SSSR count). The van der Waals surface area contributed by atoms with Gasteiger partial charge in [0.15, 0.2) is 0 Å². The van der Waals surface area contributed by atoms with Crippen LogP contribution in [0.2, 0.25) is 0 Å². The Labute approximate surface area is 132 Å². The number of carbonyl (C=O) groups excluding carboxylic acids is 2. The molecule has 0 bridgehead atoms. The zero-order chi connectivity index (χ0) is 16.9. The van der Waals surface area contributed by atoms with Crippen LogP contribution < -0.4 is 5.32 Å². The number of hydrogen-bond acceptors (Lipinski definition) is 4. The first kappa shape index (κ1) is 18.4. The maximum absolute atomic E-state index is 13.9. The van der Waals surface area contributed by atoms with E-state index in [2.05, 4.69) is 5.32 Å². The van der Waals surface area contributed by atoms with Crippen LogP contribution in [0.4, 0.5) is 14.5 Å². The molecule has 1 N–H and O–H groups in total. The van der Waals surface area contributed by atoms with Gasteiger partial charge in [-0.3, -0.25) is 9.59 Å². The van der Waals surface area contributed by atoms with E-state index in [9.17, 15) is 18.4 Å². The predicted molar refractivity (Wildman–Crippen MR) is 81.8 cm³/mol. The van der Waals surface area contributed by atoms with Gasteiger partial charge in [-0.1, -0.05) is 6.92 Å². The van der Waals surface area contributed by atoms with Gasteiger partial charge < -0.3 is 10.1 Å². The molecule has 0 aliphatic heterocycles. The third-order valence-electron chi connectivity index (χ3n) is 2.59. The maximum atomic E-state index is 13.9. The molecular formula is C15H19F2NO3S. The first-order valence-electron chi connectivity index (χ1n) is 6.88. The van der Waals surface area contributed by atoms with Crippen molar-refractivity contribution in [3.63, 3.8) is 0 Å². The van der Waals surface area contributed by atoms with Crippen LogP contribution in [-0.2, 0) is 14.3 Å². The number of anilines is 1. The number of benzene rings is 1. The van der Waals surface area contributed by atoms with Gasteiger partial charge in [-0.15, -0.1) is 11.8 Å². The van der Waals surface area contributed by atoms with E-state index in [-0.39, 0.29) is 16.7 Å². The Bertz CT molecular complexity index is 564. The minimum atomic E-state index is -0.866. The lowest BCUT2D eigenvalue weighted by atomic mass is 10.3. The van der Waals surface area contributed by atoms with E-state index in [1.54, 1.807) is 20.8 Å². The van der Waals surface area contributed by atoms with Crippen LogP contribution in [0.1, 0.15) is 34.1 Å². The van der Waals surface area contributed by atoms with E-state index < -0.39 is 28.8 Å². The molecule has 1 aromatic carbocycles. The highest BCUT2D eigenvalue weighted by molar-refractivity contribution is 8.00. The van der Waals surface area contributed by atoms with Crippen LogP contribution >= 0.6 is 11.8 Å². The van der Waals surface area contributed by atoms with E-state index in [1.807, 2.05) is 0 Å². The lowest BCUT2D eigenvalue weighted by molar-refractivity contribution is -0.146. The highest BCUT2D eigenvalue weighted by Crippen LogP contribution is 2.32. The predicted octanol–water partition coefficient (Wildman–Crippen LogP) is 3.75. The van der Waals surface area contributed by atoms with E-state index in [0.29, 0.717) is 12.5 Å². The Morgan fingerprint density at radius 3 is 2.41 bits per heavy atom. The topological polar surface area (TPSA) is 55.4 Å². The molecule has 0 heterocycles. The summed E-state index contributed by atoms with van der Waals surface area (Å²) in [5.74, 6) is -2.57. The van der Waals surface area contributed by atoms with Gasteiger partial charge in [0.1, 0.15) is 16.9 Å². The van der Waals surface area contributed by atoms with E-state index in [0.717, 1.165) is 11.8 Å². The molecule has 0 radical (unpaired) electrons. The van der Waals surface area contributed by atoms with Crippen molar-refractivity contribution in [1.82, 2.24) is 0 Å². The second-order valence-electron chi connectivity index (χ2n) is 4.94. The van der Waals surface area contributed by atoms with Crippen LogP contribution in [0.3, 0.4) is 0 Å². The van der Waals surface area contributed by atoms with Crippen molar-refractivity contribution in [2.45, 2.75) is 50.4 Å². The summed E-state index contributed by atoms with van der Waals surface area (Å²) in [5.41, 5.74) is -0.122. The minimum Gasteiger partial charge on any atom is -0.462 e. The summed E-state index contributed by atoms with van der Waals surface area (Å²) in [7, 11) is 0. The van der Waals surface area contributed by atoms with Gasteiger partial charge in [0, 0.05) is 17.9 Å². The first-order chi connectivity index (χ1) is 10.2. The number of carbonyl (C=O) groups is 2. The molecular weight excluding hydrogens is 312 g/mol. The van der Waals surface area contributed by atoms with Crippen molar-refractivity contribution in [3.05, 3.63) is 23.8 Å². The summed E-state index contributed by atoms with van der Waals surface area (Å²) in [5, 5.41) is 1.68. The number of thioether (sulfide) groups is 1. The van der Waals surface area contributed by atoms with Crippen molar-refractivity contribution in [2.75, 3.05) is 5.32 Å². The van der Waals surface area contributed by atoms with Crippen LogP contribution in [0.25, 0.3) is 0 Å². The number of amides is 1. The van der Waals surface area contributed by atoms with Crippen molar-refractivity contribution >= 4 is 29.3 Å². The Hall–Kier alpha value is -1.63. The average Bonchev–Trinajstić information content (AvgIpc) is 2.39. The molecule has 22 heavy (non-hydrogen) atoms. The van der Waals surface area contributed by atoms with E-state index in [1.165, 1.54) is 13.0 Å². The second kappa shape index (κ2) is 8.12. The smallest absolute Gasteiger partial charge is 0.319 e. The molecule has 0 saturated carbocycles. The number of halogens is 2. The molecule has 0 spiro atoms. The number of ether oxygens (including phenoxy) is 1. The Morgan fingerprint density at radius 1 is 1.27 bits per heavy atom. The van der Waals surface area contributed by atoms with Gasteiger partial charge >= 0.3 is 5.97 Å². The van der Waals surface area contributed by atoms with E-state index in [4.69, 9.17) is 4.74 Å². The van der Waals surface area contributed by atoms with Crippen LogP contribution in [0.5, 0.6) is 0 Å². The molecule has 4 nitrogen and oxygen atoms in total. The second-order valence-corrected chi connectivity index (χ2v) is 6.19. The number of hydrogen-bond donors (Lipinski definition) is 1. The fraction of sp³-hybridized carbons (Fsp3) is 0.467. The lowest BCUT2D eigenvalue weighted by Crippen LogP contribution is -2.23. The molecule has 1 amide bonds. The molecule has 0 fully saturated rings. The summed E-state index contributed by atoms with van der Waals surface area (Å²) in [6, 6.07) is 1.87. The van der Waals surface area contributed by atoms with Crippen LogP contribution in [-0.4, -0.2) is 23.2 Å². The number of esters is 1. The molecule has 0 aliphatic rings. The molecule has 0 saturated heterocycles. The molecule has 1 aromatic rings. The molecule has 0 aliphatic carbocycles. The highest BCUT2D eigenvalue weighted by Gasteiger charge is 2.23. The summed E-state index contributed by atoms with van der Waals surface area (Å²) >= 11 is 0.948. The normalized spacial score (nSPS) is 12.1. The monoisotopic (exact) mass is 331 g/mol. The number of rotatable bonds is 6. The third kappa shape index (κ3) is 5.29. The standard InChI is InChI=1S/C15H19F2NO3S/c1-5-13(15(20)21-8(2)3)22-14-7-12(18-9(4)19)10(16)6-11(14)17/h6-8,13H,5H2,1-4H3,(H,18,19). The molecule has 1 unspecified atom stereocenters. The van der Waals surface area contributed by atoms with Gasteiger partial charge in [-0.05, 0) is 26.3 Å². The summed E-state index contributed by atoms with van der Waals surface area (Å²) in [6.45, 7) is 6.45. The van der Waals surface area contributed by atoms with Crippen molar-refractivity contribution < 1.29 is 23.1 Å². The molecule has 7 heteroatoms. The summed E-state index contributed by atoms with van der Waals surface area (Å²) in [6.07, 6.45) is 0.165. The van der Waals surface area contributed by atoms with Gasteiger partial charge in [0.25, 0.3) is 0 Å². The van der Waals surface area contributed by atoms with Gasteiger partial charge in [-0.2, -0.15) is 0 Å². The fourth-order valence-electron chi connectivity index (χ4n) is 1.66. The third-order valence-corrected chi connectivity index (χ3v) is 3.96. The SMILES string of the molecule is CCC(Sc1cc(NC(C)=O)c(F)cc1F)C(=O)OC(C)C. The molecule has 0 aromatic heterocycles. The zero-order valence-electron chi connectivity index (χ0n) is 12.9. The van der Waals surface area contributed by atoms with Gasteiger partial charge in [-0.25, -0.2) is 8.78 Å². The minimum absolute atomic E-state index is 0.0812. The van der Waals surface area contributed by atoms with Crippen molar-refractivity contribution in [1.29, 1.82) is 0 Å². The summed E-state index contributed by atoms with van der Waals surface area (Å²) in [4.78, 5) is 23.0.